The SMILES string of the molecule is Br.COc1cccc(-c2csc(N=C(N)N)n2)c1. The summed E-state index contributed by atoms with van der Waals surface area (Å²) in [6.45, 7) is 0. The number of aliphatic imine (C=N–C) groups is 1. The summed E-state index contributed by atoms with van der Waals surface area (Å²) in [5, 5.41) is 2.44. The molecule has 0 bridgehead atoms. The molecule has 1 heterocycles. The lowest BCUT2D eigenvalue weighted by Crippen LogP contribution is -2.21. The summed E-state index contributed by atoms with van der Waals surface area (Å²) < 4.78 is 5.16. The highest BCUT2D eigenvalue weighted by Gasteiger charge is 2.04. The molecule has 0 unspecified atom stereocenters. The van der Waals surface area contributed by atoms with Crippen LogP contribution in [0, 0.1) is 0 Å². The van der Waals surface area contributed by atoms with E-state index in [1.54, 1.807) is 7.11 Å². The van der Waals surface area contributed by atoms with Crippen LogP contribution in [-0.4, -0.2) is 18.1 Å². The molecule has 2 rings (SSSR count). The lowest BCUT2D eigenvalue weighted by atomic mass is 10.2. The lowest BCUT2D eigenvalue weighted by molar-refractivity contribution is 0.415. The van der Waals surface area contributed by atoms with Gasteiger partial charge in [-0.2, -0.15) is 4.99 Å². The minimum Gasteiger partial charge on any atom is -0.497 e. The normalized spacial score (nSPS) is 9.39. The van der Waals surface area contributed by atoms with Gasteiger partial charge in [0.25, 0.3) is 0 Å². The monoisotopic (exact) mass is 328 g/mol. The topological polar surface area (TPSA) is 86.5 Å². The molecule has 0 amide bonds. The van der Waals surface area contributed by atoms with E-state index in [0.29, 0.717) is 5.13 Å². The minimum atomic E-state index is 0. The molecule has 18 heavy (non-hydrogen) atoms. The number of hydrogen-bond acceptors (Lipinski definition) is 4. The van der Waals surface area contributed by atoms with Crippen LogP contribution in [0.3, 0.4) is 0 Å². The predicted octanol–water partition coefficient (Wildman–Crippen LogP) is 2.30. The molecule has 1 aromatic carbocycles. The van der Waals surface area contributed by atoms with Crippen molar-refractivity contribution in [2.75, 3.05) is 7.11 Å². The van der Waals surface area contributed by atoms with Gasteiger partial charge in [0.15, 0.2) is 5.96 Å². The number of halogens is 1. The van der Waals surface area contributed by atoms with Gasteiger partial charge >= 0.3 is 0 Å². The van der Waals surface area contributed by atoms with E-state index in [4.69, 9.17) is 16.2 Å². The van der Waals surface area contributed by atoms with Crippen LogP contribution in [0.15, 0.2) is 34.6 Å². The minimum absolute atomic E-state index is 0. The molecule has 0 saturated carbocycles. The van der Waals surface area contributed by atoms with Crippen molar-refractivity contribution in [3.8, 4) is 17.0 Å². The molecule has 0 atom stereocenters. The van der Waals surface area contributed by atoms with E-state index >= 15 is 0 Å². The number of aromatic nitrogens is 1. The molecule has 4 N–H and O–H groups in total. The number of guanidine groups is 1. The molecule has 0 aliphatic rings. The fraction of sp³-hybridized carbons (Fsp3) is 0.0909. The van der Waals surface area contributed by atoms with Gasteiger partial charge in [-0.15, -0.1) is 28.3 Å². The van der Waals surface area contributed by atoms with Crippen molar-refractivity contribution in [3.63, 3.8) is 0 Å². The van der Waals surface area contributed by atoms with Gasteiger partial charge in [0.2, 0.25) is 5.13 Å². The summed E-state index contributed by atoms with van der Waals surface area (Å²) >= 11 is 1.39. The van der Waals surface area contributed by atoms with Crippen LogP contribution in [0.25, 0.3) is 11.3 Å². The van der Waals surface area contributed by atoms with Crippen molar-refractivity contribution in [1.82, 2.24) is 4.98 Å². The van der Waals surface area contributed by atoms with Crippen molar-refractivity contribution in [1.29, 1.82) is 0 Å². The number of benzene rings is 1. The van der Waals surface area contributed by atoms with Crippen LogP contribution in [0.1, 0.15) is 0 Å². The number of hydrogen-bond donors (Lipinski definition) is 2. The first-order valence-electron chi connectivity index (χ1n) is 4.88. The van der Waals surface area contributed by atoms with Gasteiger partial charge in [-0.05, 0) is 12.1 Å². The molecule has 0 aliphatic carbocycles. The first-order valence-corrected chi connectivity index (χ1v) is 5.76. The van der Waals surface area contributed by atoms with E-state index in [2.05, 4.69) is 9.98 Å². The molecule has 0 saturated heterocycles. The molecule has 0 radical (unpaired) electrons. The van der Waals surface area contributed by atoms with E-state index in [0.717, 1.165) is 17.0 Å². The molecule has 1 aromatic heterocycles. The maximum Gasteiger partial charge on any atom is 0.212 e. The van der Waals surface area contributed by atoms with Crippen LogP contribution in [0.5, 0.6) is 5.75 Å². The Morgan fingerprint density at radius 1 is 1.39 bits per heavy atom. The molecular formula is C11H13BrN4OS. The second-order valence-corrected chi connectivity index (χ2v) is 4.12. The van der Waals surface area contributed by atoms with Crippen LogP contribution < -0.4 is 16.2 Å². The van der Waals surface area contributed by atoms with Gasteiger partial charge in [-0.3, -0.25) is 0 Å². The summed E-state index contributed by atoms with van der Waals surface area (Å²) in [4.78, 5) is 8.21. The molecule has 0 spiro atoms. The zero-order valence-corrected chi connectivity index (χ0v) is 12.2. The van der Waals surface area contributed by atoms with E-state index in [-0.39, 0.29) is 22.9 Å². The number of rotatable bonds is 3. The zero-order chi connectivity index (χ0) is 12.3. The smallest absolute Gasteiger partial charge is 0.212 e. The Kier molecular flexibility index (Phi) is 5.11. The predicted molar refractivity (Wildman–Crippen MR) is 79.9 cm³/mol. The summed E-state index contributed by atoms with van der Waals surface area (Å²) in [6, 6.07) is 7.66. The molecule has 2 aromatic rings. The van der Waals surface area contributed by atoms with Crippen molar-refractivity contribution in [2.45, 2.75) is 0 Å². The molecule has 7 heteroatoms. The standard InChI is InChI=1S/C11H12N4OS.BrH/c1-16-8-4-2-3-7(5-8)9-6-17-11(14-9)15-10(12)13;/h2-6H,1H3,(H4,12,13,14,15);1H. The van der Waals surface area contributed by atoms with Gasteiger partial charge in [0.1, 0.15) is 5.75 Å². The molecule has 5 nitrogen and oxygen atoms in total. The second kappa shape index (κ2) is 6.36. The highest BCUT2D eigenvalue weighted by atomic mass is 79.9. The average Bonchev–Trinajstić information content (AvgIpc) is 2.77. The van der Waals surface area contributed by atoms with Crippen LogP contribution in [-0.2, 0) is 0 Å². The van der Waals surface area contributed by atoms with E-state index in [1.165, 1.54) is 11.3 Å². The molecule has 0 fully saturated rings. The first-order chi connectivity index (χ1) is 8.19. The fourth-order valence-electron chi connectivity index (χ4n) is 1.34. The quantitative estimate of drug-likeness (QED) is 0.668. The van der Waals surface area contributed by atoms with Gasteiger partial charge in [-0.1, -0.05) is 12.1 Å². The summed E-state index contributed by atoms with van der Waals surface area (Å²) in [6.07, 6.45) is 0. The van der Waals surface area contributed by atoms with E-state index in [1.807, 2.05) is 29.6 Å². The number of nitrogens with zero attached hydrogens (tertiary/aromatic N) is 2. The Bertz CT molecular complexity index is 551. The van der Waals surface area contributed by atoms with Gasteiger partial charge in [0, 0.05) is 10.9 Å². The van der Waals surface area contributed by atoms with Crippen molar-refractivity contribution in [3.05, 3.63) is 29.6 Å². The fourth-order valence-corrected chi connectivity index (χ4v) is 2.06. The Morgan fingerprint density at radius 3 is 2.83 bits per heavy atom. The zero-order valence-electron chi connectivity index (χ0n) is 9.66. The third-order valence-corrected chi connectivity index (χ3v) is 2.82. The van der Waals surface area contributed by atoms with Crippen molar-refractivity contribution in [2.24, 2.45) is 16.5 Å². The van der Waals surface area contributed by atoms with Crippen molar-refractivity contribution >= 4 is 39.4 Å². The van der Waals surface area contributed by atoms with Gasteiger partial charge in [0.05, 0.1) is 12.8 Å². The van der Waals surface area contributed by atoms with Crippen LogP contribution >= 0.6 is 28.3 Å². The number of ether oxygens (including phenoxy) is 1. The highest BCUT2D eigenvalue weighted by molar-refractivity contribution is 8.93. The van der Waals surface area contributed by atoms with E-state index in [9.17, 15) is 0 Å². The highest BCUT2D eigenvalue weighted by Crippen LogP contribution is 2.28. The lowest BCUT2D eigenvalue weighted by Gasteiger charge is -2.01. The second-order valence-electron chi connectivity index (χ2n) is 3.28. The summed E-state index contributed by atoms with van der Waals surface area (Å²) in [5.41, 5.74) is 12.4. The number of thiazole rings is 1. The van der Waals surface area contributed by atoms with Crippen molar-refractivity contribution < 1.29 is 4.74 Å². The van der Waals surface area contributed by atoms with Crippen LogP contribution in [0.2, 0.25) is 0 Å². The molecule has 0 aliphatic heterocycles. The largest absolute Gasteiger partial charge is 0.497 e. The third kappa shape index (κ3) is 3.44. The maximum absolute atomic E-state index is 5.29. The number of nitrogens with two attached hydrogens (primary N) is 2. The Hall–Kier alpha value is -1.60. The maximum atomic E-state index is 5.29. The molecular weight excluding hydrogens is 316 g/mol. The first kappa shape index (κ1) is 14.5. The van der Waals surface area contributed by atoms with E-state index < -0.39 is 0 Å². The average molecular weight is 329 g/mol. The third-order valence-electron chi connectivity index (χ3n) is 2.08. The van der Waals surface area contributed by atoms with Gasteiger partial charge < -0.3 is 16.2 Å². The van der Waals surface area contributed by atoms with Gasteiger partial charge in [-0.25, -0.2) is 4.98 Å². The summed E-state index contributed by atoms with van der Waals surface area (Å²) in [5.74, 6) is 0.801. The Balaban J connectivity index is 0.00000162. The molecule has 96 valence electrons. The Labute approximate surface area is 119 Å². The van der Waals surface area contributed by atoms with Crippen LogP contribution in [0.4, 0.5) is 5.13 Å². The number of methoxy groups -OCH3 is 1. The summed E-state index contributed by atoms with van der Waals surface area (Å²) in [7, 11) is 1.63. The Morgan fingerprint density at radius 2 is 2.17 bits per heavy atom.